The first-order valence-electron chi connectivity index (χ1n) is 9.46. The minimum atomic E-state index is -1.87. The second-order valence-corrected chi connectivity index (χ2v) is 11.2. The molecule has 1 aromatic carbocycles. The number of nitrogens with one attached hydrogen (secondary N) is 1. The van der Waals surface area contributed by atoms with E-state index >= 15 is 0 Å². The maximum Gasteiger partial charge on any atom is 0.266 e. The third kappa shape index (κ3) is 6.42. The first-order chi connectivity index (χ1) is 15.0. The third-order valence-electron chi connectivity index (χ3n) is 4.29. The standard InChI is InChI=1S/C21H19Cl3N2O4S2/c1-12(2)17(27)25-19(21(22,23)24)30-14-7-5-13(6-8-14)10-16-18(28)26(20(31)32-16)11-15-4-3-9-29-15/h3-10,12,19H,11H2,1-2H3,(H,25,27)/b16-10-/t19-/m0/s1. The molecule has 170 valence electrons. The zero-order valence-electron chi connectivity index (χ0n) is 17.0. The van der Waals surface area contributed by atoms with Crippen LogP contribution in [-0.2, 0) is 16.1 Å². The summed E-state index contributed by atoms with van der Waals surface area (Å²) in [5, 5.41) is 2.57. The molecular formula is C21H19Cl3N2O4S2. The number of halogens is 3. The average Bonchev–Trinajstić information content (AvgIpc) is 3.32. The fourth-order valence-corrected chi connectivity index (χ4v) is 4.15. The summed E-state index contributed by atoms with van der Waals surface area (Å²) in [6.07, 6.45) is 2.11. The highest BCUT2D eigenvalue weighted by atomic mass is 35.6. The molecule has 1 N–H and O–H groups in total. The summed E-state index contributed by atoms with van der Waals surface area (Å²) < 4.78 is 9.57. The monoisotopic (exact) mass is 532 g/mol. The SMILES string of the molecule is CC(C)C(=O)N[C@@H](Oc1ccc(/C=C2\SC(=S)N(Cc3ccco3)C2=O)cc1)C(Cl)(Cl)Cl. The van der Waals surface area contributed by atoms with E-state index in [-0.39, 0.29) is 24.3 Å². The molecule has 2 heterocycles. The number of benzene rings is 1. The van der Waals surface area contributed by atoms with Crippen molar-refractivity contribution < 1.29 is 18.7 Å². The Balaban J connectivity index is 1.69. The number of ether oxygens (including phenoxy) is 1. The highest BCUT2D eigenvalue weighted by Crippen LogP contribution is 2.35. The van der Waals surface area contributed by atoms with Gasteiger partial charge in [-0.1, -0.05) is 84.8 Å². The molecule has 1 aliphatic rings. The Morgan fingerprint density at radius 3 is 2.53 bits per heavy atom. The first kappa shape index (κ1) is 24.9. The molecule has 0 aliphatic carbocycles. The van der Waals surface area contributed by atoms with Crippen molar-refractivity contribution in [3.8, 4) is 5.75 Å². The van der Waals surface area contributed by atoms with Gasteiger partial charge in [-0.3, -0.25) is 14.5 Å². The van der Waals surface area contributed by atoms with Crippen LogP contribution in [0.4, 0.5) is 0 Å². The van der Waals surface area contributed by atoms with Gasteiger partial charge in [-0.05, 0) is 35.9 Å². The van der Waals surface area contributed by atoms with Gasteiger partial charge in [0.2, 0.25) is 15.9 Å². The van der Waals surface area contributed by atoms with Crippen LogP contribution in [-0.4, -0.2) is 31.1 Å². The molecule has 3 rings (SSSR count). The molecule has 0 unspecified atom stereocenters. The molecule has 32 heavy (non-hydrogen) atoms. The van der Waals surface area contributed by atoms with Crippen LogP contribution < -0.4 is 10.1 Å². The number of hydrogen-bond acceptors (Lipinski definition) is 6. The molecule has 1 aromatic heterocycles. The lowest BCUT2D eigenvalue weighted by molar-refractivity contribution is -0.126. The van der Waals surface area contributed by atoms with E-state index in [0.717, 1.165) is 5.56 Å². The van der Waals surface area contributed by atoms with Crippen molar-refractivity contribution in [3.63, 3.8) is 0 Å². The van der Waals surface area contributed by atoms with Crippen molar-refractivity contribution in [2.45, 2.75) is 30.4 Å². The second kappa shape index (κ2) is 10.5. The summed E-state index contributed by atoms with van der Waals surface area (Å²) >= 11 is 24.4. The summed E-state index contributed by atoms with van der Waals surface area (Å²) in [5.41, 5.74) is 0.757. The Morgan fingerprint density at radius 2 is 1.97 bits per heavy atom. The predicted octanol–water partition coefficient (Wildman–Crippen LogP) is 5.53. The lowest BCUT2D eigenvalue weighted by Crippen LogP contribution is -2.49. The Morgan fingerprint density at radius 1 is 1.28 bits per heavy atom. The molecule has 1 aliphatic heterocycles. The predicted molar refractivity (Wildman–Crippen MR) is 132 cm³/mol. The number of furan rings is 1. The van der Waals surface area contributed by atoms with Crippen LogP contribution >= 0.6 is 58.8 Å². The number of amides is 2. The van der Waals surface area contributed by atoms with Crippen molar-refractivity contribution in [2.24, 2.45) is 5.92 Å². The van der Waals surface area contributed by atoms with E-state index in [9.17, 15) is 9.59 Å². The van der Waals surface area contributed by atoms with Crippen molar-refractivity contribution in [1.29, 1.82) is 0 Å². The number of hydrogen-bond donors (Lipinski definition) is 1. The summed E-state index contributed by atoms with van der Waals surface area (Å²) in [6.45, 7) is 3.72. The van der Waals surface area contributed by atoms with Gasteiger partial charge >= 0.3 is 0 Å². The van der Waals surface area contributed by atoms with Gasteiger partial charge in [0.25, 0.3) is 5.91 Å². The summed E-state index contributed by atoms with van der Waals surface area (Å²) in [6, 6.07) is 10.3. The number of nitrogens with zero attached hydrogens (tertiary/aromatic N) is 1. The molecule has 0 saturated carbocycles. The van der Waals surface area contributed by atoms with E-state index in [1.54, 1.807) is 62.6 Å². The van der Waals surface area contributed by atoms with E-state index in [1.807, 2.05) is 0 Å². The highest BCUT2D eigenvalue weighted by Gasteiger charge is 2.36. The van der Waals surface area contributed by atoms with Crippen LogP contribution in [0.1, 0.15) is 25.2 Å². The number of alkyl halides is 3. The summed E-state index contributed by atoms with van der Waals surface area (Å²) in [5.74, 6) is 0.228. The van der Waals surface area contributed by atoms with E-state index in [1.165, 1.54) is 16.7 Å². The third-order valence-corrected chi connectivity index (χ3v) is 6.27. The minimum Gasteiger partial charge on any atom is -0.467 e. The second-order valence-electron chi connectivity index (χ2n) is 7.12. The van der Waals surface area contributed by atoms with Crippen molar-refractivity contribution in [1.82, 2.24) is 10.2 Å². The smallest absolute Gasteiger partial charge is 0.266 e. The van der Waals surface area contributed by atoms with E-state index in [0.29, 0.717) is 20.7 Å². The fraction of sp³-hybridized carbons (Fsp3) is 0.286. The molecule has 0 radical (unpaired) electrons. The molecule has 6 nitrogen and oxygen atoms in total. The Bertz CT molecular complexity index is 1020. The number of carbonyl (C=O) groups excluding carboxylic acids is 2. The fourth-order valence-electron chi connectivity index (χ4n) is 2.60. The normalized spacial score (nSPS) is 16.7. The van der Waals surface area contributed by atoms with Gasteiger partial charge in [-0.2, -0.15) is 0 Å². The Labute approximate surface area is 210 Å². The van der Waals surface area contributed by atoms with Gasteiger partial charge in [0.15, 0.2) is 0 Å². The lowest BCUT2D eigenvalue weighted by atomic mass is 10.2. The molecule has 1 saturated heterocycles. The molecule has 0 bridgehead atoms. The van der Waals surface area contributed by atoms with Crippen molar-refractivity contribution >= 4 is 81.0 Å². The van der Waals surface area contributed by atoms with Crippen LogP contribution in [0.5, 0.6) is 5.75 Å². The van der Waals surface area contributed by atoms with Gasteiger partial charge in [0, 0.05) is 5.92 Å². The first-order valence-corrected chi connectivity index (χ1v) is 11.8. The molecule has 2 amide bonds. The Hall–Kier alpha value is -1.71. The van der Waals surface area contributed by atoms with E-state index < -0.39 is 10.0 Å². The minimum absolute atomic E-state index is 0.190. The zero-order chi connectivity index (χ0) is 23.5. The number of thioether (sulfide) groups is 1. The van der Waals surface area contributed by atoms with E-state index in [4.69, 9.17) is 56.2 Å². The summed E-state index contributed by atoms with van der Waals surface area (Å²) in [4.78, 5) is 26.7. The largest absolute Gasteiger partial charge is 0.467 e. The summed E-state index contributed by atoms with van der Waals surface area (Å²) in [7, 11) is 0. The van der Waals surface area contributed by atoms with Gasteiger partial charge in [-0.15, -0.1) is 0 Å². The topological polar surface area (TPSA) is 71.8 Å². The van der Waals surface area contributed by atoms with Gasteiger partial charge in [0.05, 0.1) is 17.7 Å². The van der Waals surface area contributed by atoms with Crippen molar-refractivity contribution in [2.75, 3.05) is 0 Å². The average molecular weight is 534 g/mol. The zero-order valence-corrected chi connectivity index (χ0v) is 20.9. The number of thiocarbonyl (C=S) groups is 1. The number of rotatable bonds is 7. The molecule has 0 spiro atoms. The maximum atomic E-state index is 12.7. The molecule has 1 fully saturated rings. The number of carbonyl (C=O) groups is 2. The van der Waals surface area contributed by atoms with Crippen LogP contribution in [0, 0.1) is 5.92 Å². The van der Waals surface area contributed by atoms with Crippen molar-refractivity contribution in [3.05, 3.63) is 58.9 Å². The van der Waals surface area contributed by atoms with E-state index in [2.05, 4.69) is 5.32 Å². The molecule has 2 aromatic rings. The van der Waals surface area contributed by atoms with Gasteiger partial charge < -0.3 is 14.5 Å². The Kier molecular flexibility index (Phi) is 8.16. The van der Waals surface area contributed by atoms with Crippen LogP contribution in [0.2, 0.25) is 0 Å². The lowest BCUT2D eigenvalue weighted by Gasteiger charge is -2.27. The quantitative estimate of drug-likeness (QED) is 0.218. The van der Waals surface area contributed by atoms with Crippen LogP contribution in [0.3, 0.4) is 0 Å². The van der Waals surface area contributed by atoms with Gasteiger partial charge in [0.1, 0.15) is 15.8 Å². The molecule has 11 heteroatoms. The maximum absolute atomic E-state index is 12.7. The van der Waals surface area contributed by atoms with Gasteiger partial charge in [-0.25, -0.2) is 0 Å². The van der Waals surface area contributed by atoms with Crippen LogP contribution in [0.15, 0.2) is 52.0 Å². The van der Waals surface area contributed by atoms with Crippen LogP contribution in [0.25, 0.3) is 6.08 Å². The highest BCUT2D eigenvalue weighted by molar-refractivity contribution is 8.26. The molecule has 1 atom stereocenters. The molecular weight excluding hydrogens is 515 g/mol.